The zero-order valence-corrected chi connectivity index (χ0v) is 16.1. The third-order valence-corrected chi connectivity index (χ3v) is 5.35. The molecule has 1 aliphatic rings. The predicted molar refractivity (Wildman–Crippen MR) is 106 cm³/mol. The van der Waals surface area contributed by atoms with Gasteiger partial charge in [-0.1, -0.05) is 29.5 Å². The van der Waals surface area contributed by atoms with Crippen molar-refractivity contribution in [3.8, 4) is 10.6 Å². The number of amides is 2. The fourth-order valence-corrected chi connectivity index (χ4v) is 3.63. The van der Waals surface area contributed by atoms with Gasteiger partial charge >= 0.3 is 0 Å². The lowest BCUT2D eigenvalue weighted by atomic mass is 10.1. The van der Waals surface area contributed by atoms with Crippen LogP contribution in [-0.4, -0.2) is 53.2 Å². The van der Waals surface area contributed by atoms with Crippen LogP contribution in [0.1, 0.15) is 20.2 Å². The Morgan fingerprint density at radius 1 is 1.07 bits per heavy atom. The number of nitrogens with one attached hydrogen (secondary N) is 1. The fourth-order valence-electron chi connectivity index (χ4n) is 2.89. The van der Waals surface area contributed by atoms with Gasteiger partial charge in [-0.2, -0.15) is 0 Å². The first-order valence-electron chi connectivity index (χ1n) is 8.98. The molecule has 7 nitrogen and oxygen atoms in total. The first-order chi connectivity index (χ1) is 14.1. The molecule has 9 heteroatoms. The van der Waals surface area contributed by atoms with E-state index in [0.717, 1.165) is 16.9 Å². The number of aromatic nitrogens is 2. The average Bonchev–Trinajstić information content (AvgIpc) is 3.24. The van der Waals surface area contributed by atoms with Gasteiger partial charge in [-0.05, 0) is 30.3 Å². The normalized spacial score (nSPS) is 13.9. The van der Waals surface area contributed by atoms with E-state index in [2.05, 4.69) is 15.5 Å². The van der Waals surface area contributed by atoms with Gasteiger partial charge in [0.2, 0.25) is 5.01 Å². The van der Waals surface area contributed by atoms with E-state index in [4.69, 9.17) is 4.74 Å². The number of benzene rings is 2. The summed E-state index contributed by atoms with van der Waals surface area (Å²) >= 11 is 1.12. The maximum absolute atomic E-state index is 13.2. The molecule has 0 spiro atoms. The van der Waals surface area contributed by atoms with Crippen molar-refractivity contribution in [2.75, 3.05) is 31.6 Å². The highest BCUT2D eigenvalue weighted by Gasteiger charge is 2.19. The van der Waals surface area contributed by atoms with E-state index >= 15 is 0 Å². The van der Waals surface area contributed by atoms with E-state index in [0.29, 0.717) is 42.6 Å². The predicted octanol–water partition coefficient (Wildman–Crippen LogP) is 3.07. The number of nitrogens with zero attached hydrogens (tertiary/aromatic N) is 3. The summed E-state index contributed by atoms with van der Waals surface area (Å²) in [6, 6.07) is 12.7. The van der Waals surface area contributed by atoms with Gasteiger partial charge in [-0.25, -0.2) is 4.39 Å². The molecule has 1 saturated heterocycles. The maximum Gasteiger partial charge on any atom is 0.286 e. The van der Waals surface area contributed by atoms with Crippen molar-refractivity contribution in [3.63, 3.8) is 0 Å². The lowest BCUT2D eigenvalue weighted by Crippen LogP contribution is -2.40. The third-order valence-electron chi connectivity index (χ3n) is 4.38. The molecule has 0 unspecified atom stereocenters. The Balaban J connectivity index is 1.45. The SMILES string of the molecule is O=C(Nc1cccc(F)c1)c1nnc(-c2ccc(C(=O)N3CCOCC3)cc2)s1. The van der Waals surface area contributed by atoms with Gasteiger partial charge in [0.05, 0.1) is 13.2 Å². The van der Waals surface area contributed by atoms with Gasteiger partial charge in [0.1, 0.15) is 10.8 Å². The summed E-state index contributed by atoms with van der Waals surface area (Å²) in [5, 5.41) is 11.3. The van der Waals surface area contributed by atoms with E-state index in [1.165, 1.54) is 18.2 Å². The lowest BCUT2D eigenvalue weighted by molar-refractivity contribution is 0.0303. The molecule has 0 aliphatic carbocycles. The second-order valence-corrected chi connectivity index (χ2v) is 7.34. The monoisotopic (exact) mass is 412 g/mol. The molecule has 1 aromatic heterocycles. The van der Waals surface area contributed by atoms with Crippen LogP contribution in [0.4, 0.5) is 10.1 Å². The Kier molecular flexibility index (Phi) is 5.59. The van der Waals surface area contributed by atoms with Crippen molar-refractivity contribution in [2.24, 2.45) is 0 Å². The Hall–Kier alpha value is -3.17. The van der Waals surface area contributed by atoms with Gasteiger partial charge in [0, 0.05) is 29.9 Å². The number of carbonyl (C=O) groups is 2. The fraction of sp³-hybridized carbons (Fsp3) is 0.200. The summed E-state index contributed by atoms with van der Waals surface area (Å²) in [6.07, 6.45) is 0. The Morgan fingerprint density at radius 2 is 1.83 bits per heavy atom. The highest BCUT2D eigenvalue weighted by Crippen LogP contribution is 2.25. The summed E-state index contributed by atoms with van der Waals surface area (Å²) < 4.78 is 18.5. The zero-order valence-electron chi connectivity index (χ0n) is 15.3. The molecule has 1 fully saturated rings. The Bertz CT molecular complexity index is 1030. The molecule has 29 heavy (non-hydrogen) atoms. The molecule has 1 aliphatic heterocycles. The summed E-state index contributed by atoms with van der Waals surface area (Å²) in [4.78, 5) is 26.6. The minimum Gasteiger partial charge on any atom is -0.378 e. The minimum atomic E-state index is -0.460. The second-order valence-electron chi connectivity index (χ2n) is 6.36. The molecular formula is C20H17FN4O3S. The molecule has 3 aromatic rings. The second kappa shape index (κ2) is 8.46. The molecule has 148 valence electrons. The van der Waals surface area contributed by atoms with Crippen LogP contribution < -0.4 is 5.32 Å². The van der Waals surface area contributed by atoms with Gasteiger partial charge in [0.15, 0.2) is 0 Å². The smallest absolute Gasteiger partial charge is 0.286 e. The number of halogens is 1. The lowest BCUT2D eigenvalue weighted by Gasteiger charge is -2.26. The number of anilines is 1. The molecule has 0 atom stereocenters. The van der Waals surface area contributed by atoms with E-state index in [-0.39, 0.29) is 10.9 Å². The largest absolute Gasteiger partial charge is 0.378 e. The van der Waals surface area contributed by atoms with Crippen molar-refractivity contribution in [1.82, 2.24) is 15.1 Å². The van der Waals surface area contributed by atoms with Gasteiger partial charge in [-0.15, -0.1) is 10.2 Å². The highest BCUT2D eigenvalue weighted by molar-refractivity contribution is 7.16. The van der Waals surface area contributed by atoms with Crippen LogP contribution in [-0.2, 0) is 4.74 Å². The summed E-state index contributed by atoms with van der Waals surface area (Å²) in [6.45, 7) is 2.27. The van der Waals surface area contributed by atoms with Gasteiger partial charge < -0.3 is 15.0 Å². The molecule has 0 saturated carbocycles. The summed E-state index contributed by atoms with van der Waals surface area (Å²) in [5.41, 5.74) is 1.69. The van der Waals surface area contributed by atoms with Gasteiger partial charge in [-0.3, -0.25) is 9.59 Å². The maximum atomic E-state index is 13.2. The average molecular weight is 412 g/mol. The van der Waals surface area contributed by atoms with Crippen LogP contribution in [0.25, 0.3) is 10.6 Å². The number of hydrogen-bond donors (Lipinski definition) is 1. The van der Waals surface area contributed by atoms with Gasteiger partial charge in [0.25, 0.3) is 11.8 Å². The van der Waals surface area contributed by atoms with Crippen LogP contribution in [0, 0.1) is 5.82 Å². The zero-order chi connectivity index (χ0) is 20.2. The van der Waals surface area contributed by atoms with Crippen molar-refractivity contribution < 1.29 is 18.7 Å². The summed E-state index contributed by atoms with van der Waals surface area (Å²) in [7, 11) is 0. The van der Waals surface area contributed by atoms with E-state index < -0.39 is 11.7 Å². The number of morpholine rings is 1. The van der Waals surface area contributed by atoms with E-state index in [1.54, 1.807) is 35.2 Å². The quantitative estimate of drug-likeness (QED) is 0.712. The Labute approximate surface area is 170 Å². The highest BCUT2D eigenvalue weighted by atomic mass is 32.1. The minimum absolute atomic E-state index is 0.0349. The molecule has 1 N–H and O–H groups in total. The topological polar surface area (TPSA) is 84.4 Å². The summed E-state index contributed by atoms with van der Waals surface area (Å²) in [5.74, 6) is -0.932. The van der Waals surface area contributed by atoms with Crippen molar-refractivity contribution in [3.05, 3.63) is 64.9 Å². The van der Waals surface area contributed by atoms with Crippen LogP contribution in [0.3, 0.4) is 0 Å². The first-order valence-corrected chi connectivity index (χ1v) is 9.80. The molecule has 2 amide bonds. The number of ether oxygens (including phenoxy) is 1. The van der Waals surface area contributed by atoms with Crippen LogP contribution in [0.5, 0.6) is 0 Å². The Morgan fingerprint density at radius 3 is 2.55 bits per heavy atom. The molecule has 0 bridgehead atoms. The first kappa shape index (κ1) is 19.2. The molecule has 2 heterocycles. The van der Waals surface area contributed by atoms with E-state index in [9.17, 15) is 14.0 Å². The standard InChI is InChI=1S/C20H17FN4O3S/c21-15-2-1-3-16(12-15)22-17(26)19-24-23-18(29-19)13-4-6-14(7-5-13)20(27)25-8-10-28-11-9-25/h1-7,12H,8-11H2,(H,22,26). The molecule has 2 aromatic carbocycles. The number of rotatable bonds is 4. The molecule has 4 rings (SSSR count). The van der Waals surface area contributed by atoms with Crippen molar-refractivity contribution >= 4 is 28.8 Å². The number of hydrogen-bond acceptors (Lipinski definition) is 6. The number of carbonyl (C=O) groups excluding carboxylic acids is 2. The van der Waals surface area contributed by atoms with Crippen molar-refractivity contribution in [2.45, 2.75) is 0 Å². The molecular weight excluding hydrogens is 395 g/mol. The van der Waals surface area contributed by atoms with Crippen LogP contribution >= 0.6 is 11.3 Å². The van der Waals surface area contributed by atoms with Crippen LogP contribution in [0.2, 0.25) is 0 Å². The third kappa shape index (κ3) is 4.47. The molecule has 0 radical (unpaired) electrons. The van der Waals surface area contributed by atoms with Crippen molar-refractivity contribution in [1.29, 1.82) is 0 Å². The van der Waals surface area contributed by atoms with E-state index in [1.807, 2.05) is 0 Å². The van der Waals surface area contributed by atoms with Crippen LogP contribution in [0.15, 0.2) is 48.5 Å².